The molecule has 2 rings (SSSR count). The Morgan fingerprint density at radius 1 is 1.80 bits per heavy atom. The van der Waals surface area contributed by atoms with Crippen LogP contribution in [0.1, 0.15) is 0 Å². The zero-order chi connectivity index (χ0) is 10.8. The van der Waals surface area contributed by atoms with Gasteiger partial charge in [0.05, 0.1) is 0 Å². The fourth-order valence-corrected chi connectivity index (χ4v) is 2.56. The van der Waals surface area contributed by atoms with Crippen molar-refractivity contribution in [2.24, 2.45) is 0 Å². The monoisotopic (exact) mass is 247 g/mol. The molecule has 7 heteroatoms. The summed E-state index contributed by atoms with van der Waals surface area (Å²) in [6.45, 7) is 1.84. The Balaban J connectivity index is 2.21. The fraction of sp³-hybridized carbons (Fsp3) is 0.500. The van der Waals surface area contributed by atoms with Gasteiger partial charge in [-0.2, -0.15) is 0 Å². The van der Waals surface area contributed by atoms with E-state index in [-0.39, 0.29) is 0 Å². The van der Waals surface area contributed by atoms with Gasteiger partial charge in [-0.05, 0) is 0 Å². The topological polar surface area (TPSA) is 65.5 Å². The Bertz CT molecular complexity index is 371. The number of nitrogens with zero attached hydrogens (tertiary/aromatic N) is 2. The lowest BCUT2D eigenvalue weighted by molar-refractivity contribution is -0.138. The lowest BCUT2D eigenvalue weighted by Gasteiger charge is -2.33. The molecule has 0 amide bonds. The first kappa shape index (κ1) is 10.7. The van der Waals surface area contributed by atoms with Crippen LogP contribution in [0.2, 0.25) is 5.15 Å². The van der Waals surface area contributed by atoms with Crippen LogP contribution in [0.3, 0.4) is 0 Å². The molecule has 0 saturated carbocycles. The lowest BCUT2D eigenvalue weighted by Crippen LogP contribution is -2.55. The summed E-state index contributed by atoms with van der Waals surface area (Å²) in [7, 11) is 0. The number of carboxylic acid groups (broad SMARTS) is 1. The first-order chi connectivity index (χ1) is 7.18. The van der Waals surface area contributed by atoms with Gasteiger partial charge in [-0.25, -0.2) is 9.78 Å². The molecule has 1 fully saturated rings. The molecule has 1 aromatic heterocycles. The molecule has 2 heterocycles. The number of carbonyl (C=O) groups is 1. The number of nitrogens with one attached hydrogen (secondary N) is 1. The minimum atomic E-state index is -0.839. The number of piperazine rings is 1. The Morgan fingerprint density at radius 2 is 2.60 bits per heavy atom. The van der Waals surface area contributed by atoms with E-state index >= 15 is 0 Å². The van der Waals surface area contributed by atoms with Crippen molar-refractivity contribution in [1.29, 1.82) is 0 Å². The van der Waals surface area contributed by atoms with Crippen LogP contribution < -0.4 is 10.2 Å². The van der Waals surface area contributed by atoms with Gasteiger partial charge in [-0.3, -0.25) is 0 Å². The second kappa shape index (κ2) is 4.34. The van der Waals surface area contributed by atoms with Crippen molar-refractivity contribution in [2.45, 2.75) is 6.04 Å². The van der Waals surface area contributed by atoms with Crippen molar-refractivity contribution < 1.29 is 9.90 Å². The summed E-state index contributed by atoms with van der Waals surface area (Å²) in [5.74, 6) is -0.839. The zero-order valence-corrected chi connectivity index (χ0v) is 9.38. The minimum Gasteiger partial charge on any atom is -0.480 e. The number of thiazole rings is 1. The molecule has 0 aliphatic carbocycles. The molecule has 1 saturated heterocycles. The maximum Gasteiger partial charge on any atom is 0.327 e. The number of anilines is 1. The summed E-state index contributed by atoms with van der Waals surface area (Å²) in [4.78, 5) is 16.9. The molecule has 0 radical (unpaired) electrons. The summed E-state index contributed by atoms with van der Waals surface area (Å²) in [6, 6.07) is -0.555. The fourth-order valence-electron chi connectivity index (χ4n) is 1.53. The smallest absolute Gasteiger partial charge is 0.327 e. The second-order valence-corrected chi connectivity index (χ2v) is 4.43. The van der Waals surface area contributed by atoms with Crippen LogP contribution in [0.4, 0.5) is 5.13 Å². The third-order valence-corrected chi connectivity index (χ3v) is 3.44. The van der Waals surface area contributed by atoms with E-state index in [0.29, 0.717) is 23.4 Å². The number of aliphatic carboxylic acids is 1. The zero-order valence-electron chi connectivity index (χ0n) is 7.81. The number of aromatic nitrogens is 1. The molecular formula is C8H10ClN3O2S. The third-order valence-electron chi connectivity index (χ3n) is 2.24. The highest BCUT2D eigenvalue weighted by atomic mass is 35.5. The number of hydrogen-bond donors (Lipinski definition) is 2. The Labute approximate surface area is 95.7 Å². The molecule has 5 nitrogen and oxygen atoms in total. The van der Waals surface area contributed by atoms with Crippen molar-refractivity contribution in [3.63, 3.8) is 0 Å². The average Bonchev–Trinajstić information content (AvgIpc) is 2.65. The summed E-state index contributed by atoms with van der Waals surface area (Å²) in [5, 5.41) is 14.9. The number of hydrogen-bond acceptors (Lipinski definition) is 5. The maximum atomic E-state index is 11.0. The quantitative estimate of drug-likeness (QED) is 0.804. The Hall–Kier alpha value is -0.850. The SMILES string of the molecule is O=C(O)C1CNCCN1c1nc(Cl)cs1. The van der Waals surface area contributed by atoms with Crippen LogP contribution in [-0.4, -0.2) is 41.7 Å². The van der Waals surface area contributed by atoms with E-state index in [0.717, 1.165) is 6.54 Å². The van der Waals surface area contributed by atoms with E-state index in [4.69, 9.17) is 16.7 Å². The number of rotatable bonds is 2. The predicted octanol–water partition coefficient (Wildman–Crippen LogP) is 0.659. The van der Waals surface area contributed by atoms with Crippen LogP contribution in [-0.2, 0) is 4.79 Å². The van der Waals surface area contributed by atoms with E-state index in [9.17, 15) is 4.79 Å². The van der Waals surface area contributed by atoms with Crippen LogP contribution in [0.15, 0.2) is 5.38 Å². The minimum absolute atomic E-state index is 0.415. The van der Waals surface area contributed by atoms with Gasteiger partial charge in [0.25, 0.3) is 0 Å². The Morgan fingerprint density at radius 3 is 3.20 bits per heavy atom. The van der Waals surface area contributed by atoms with Crippen LogP contribution >= 0.6 is 22.9 Å². The van der Waals surface area contributed by atoms with Crippen molar-refractivity contribution in [2.75, 3.05) is 24.5 Å². The van der Waals surface area contributed by atoms with Gasteiger partial charge in [0.2, 0.25) is 0 Å². The summed E-state index contributed by atoms with van der Waals surface area (Å²) in [5.41, 5.74) is 0. The molecule has 0 bridgehead atoms. The highest BCUT2D eigenvalue weighted by Gasteiger charge is 2.30. The summed E-state index contributed by atoms with van der Waals surface area (Å²) in [6.07, 6.45) is 0. The van der Waals surface area contributed by atoms with Crippen molar-refractivity contribution in [3.8, 4) is 0 Å². The molecule has 1 aliphatic heterocycles. The van der Waals surface area contributed by atoms with Gasteiger partial charge >= 0.3 is 5.97 Å². The van der Waals surface area contributed by atoms with Crippen LogP contribution in [0, 0.1) is 0 Å². The molecular weight excluding hydrogens is 238 g/mol. The van der Waals surface area contributed by atoms with E-state index in [1.165, 1.54) is 11.3 Å². The van der Waals surface area contributed by atoms with Crippen LogP contribution in [0.25, 0.3) is 0 Å². The third kappa shape index (κ3) is 2.22. The molecule has 0 aromatic carbocycles. The van der Waals surface area contributed by atoms with E-state index in [1.54, 1.807) is 10.3 Å². The molecule has 82 valence electrons. The Kier molecular flexibility index (Phi) is 3.08. The highest BCUT2D eigenvalue weighted by Crippen LogP contribution is 2.25. The molecule has 0 spiro atoms. The molecule has 1 aliphatic rings. The molecule has 1 aromatic rings. The summed E-state index contributed by atoms with van der Waals surface area (Å²) < 4.78 is 0. The van der Waals surface area contributed by atoms with E-state index in [2.05, 4.69) is 10.3 Å². The van der Waals surface area contributed by atoms with Gasteiger partial charge in [0.15, 0.2) is 5.13 Å². The first-order valence-electron chi connectivity index (χ1n) is 4.49. The normalized spacial score (nSPS) is 21.7. The van der Waals surface area contributed by atoms with Crippen molar-refractivity contribution in [3.05, 3.63) is 10.5 Å². The van der Waals surface area contributed by atoms with Gasteiger partial charge in [-0.1, -0.05) is 11.6 Å². The largest absolute Gasteiger partial charge is 0.480 e. The molecule has 1 atom stereocenters. The van der Waals surface area contributed by atoms with E-state index in [1.807, 2.05) is 0 Å². The van der Waals surface area contributed by atoms with Gasteiger partial charge in [-0.15, -0.1) is 11.3 Å². The highest BCUT2D eigenvalue weighted by molar-refractivity contribution is 7.14. The van der Waals surface area contributed by atoms with Gasteiger partial charge in [0, 0.05) is 25.0 Å². The standard InChI is InChI=1S/C8H10ClN3O2S/c9-6-4-15-8(11-6)12-2-1-10-3-5(12)7(13)14/h4-5,10H,1-3H2,(H,13,14). The van der Waals surface area contributed by atoms with Crippen molar-refractivity contribution in [1.82, 2.24) is 10.3 Å². The summed E-state index contributed by atoms with van der Waals surface area (Å²) >= 11 is 7.09. The van der Waals surface area contributed by atoms with Crippen molar-refractivity contribution >= 4 is 34.0 Å². The number of halogens is 1. The van der Waals surface area contributed by atoms with Gasteiger partial charge in [0.1, 0.15) is 11.2 Å². The number of carboxylic acids is 1. The molecule has 15 heavy (non-hydrogen) atoms. The second-order valence-electron chi connectivity index (χ2n) is 3.20. The molecule has 1 unspecified atom stereocenters. The molecule has 2 N–H and O–H groups in total. The maximum absolute atomic E-state index is 11.0. The average molecular weight is 248 g/mol. The van der Waals surface area contributed by atoms with Crippen LogP contribution in [0.5, 0.6) is 0 Å². The lowest BCUT2D eigenvalue weighted by atomic mass is 10.2. The first-order valence-corrected chi connectivity index (χ1v) is 5.75. The van der Waals surface area contributed by atoms with Gasteiger partial charge < -0.3 is 15.3 Å². The van der Waals surface area contributed by atoms with E-state index < -0.39 is 12.0 Å². The predicted molar refractivity (Wildman–Crippen MR) is 58.8 cm³/mol.